The number of methoxy groups -OCH3 is 1. The van der Waals surface area contributed by atoms with Gasteiger partial charge in [0.05, 0.1) is 23.9 Å². The third kappa shape index (κ3) is 3.93. The van der Waals surface area contributed by atoms with Crippen LogP contribution in [0.5, 0.6) is 0 Å². The highest BCUT2D eigenvalue weighted by molar-refractivity contribution is 7.11. The minimum absolute atomic E-state index is 0.388. The number of esters is 1. The molecule has 0 fully saturated rings. The van der Waals surface area contributed by atoms with Crippen molar-refractivity contribution in [3.8, 4) is 17.3 Å². The number of aromatic nitrogens is 1. The molecule has 1 aromatic heterocycles. The normalized spacial score (nSPS) is 11.2. The lowest BCUT2D eigenvalue weighted by atomic mass is 10.1. The van der Waals surface area contributed by atoms with Gasteiger partial charge in [0.2, 0.25) is 0 Å². The molecule has 0 atom stereocenters. The Bertz CT molecular complexity index is 1260. The molecule has 0 aliphatic heterocycles. The minimum atomic E-state index is -0.388. The van der Waals surface area contributed by atoms with E-state index in [2.05, 4.69) is 35.3 Å². The monoisotopic (exact) mass is 396 g/mol. The van der Waals surface area contributed by atoms with Crippen molar-refractivity contribution in [2.75, 3.05) is 7.11 Å². The number of hydrogen-bond donors (Lipinski definition) is 0. The summed E-state index contributed by atoms with van der Waals surface area (Å²) in [5.41, 5.74) is 3.63. The minimum Gasteiger partial charge on any atom is -0.465 e. The molecule has 0 aliphatic carbocycles. The number of carbonyl (C=O) groups excluding carboxylic acids is 1. The smallest absolute Gasteiger partial charge is 0.337 e. The zero-order chi connectivity index (χ0) is 20.2. The number of carbonyl (C=O) groups is 1. The standard InChI is InChI=1S/C24H16N2O2S/c1-28-24(27)18-8-6-16(7-9-18)12-21(14-25)23-26-22(15-29-23)20-11-10-17-4-2-3-5-19(17)13-20/h2-13,15H,1H3/b21-12+. The number of benzene rings is 3. The van der Waals surface area contributed by atoms with Crippen LogP contribution in [-0.4, -0.2) is 18.1 Å². The molecule has 4 rings (SSSR count). The fourth-order valence-corrected chi connectivity index (χ4v) is 3.82. The van der Waals surface area contributed by atoms with Gasteiger partial charge in [-0.2, -0.15) is 5.26 Å². The third-order valence-corrected chi connectivity index (χ3v) is 5.42. The van der Waals surface area contributed by atoms with E-state index in [0.29, 0.717) is 16.1 Å². The number of ether oxygens (including phenoxy) is 1. The van der Waals surface area contributed by atoms with Gasteiger partial charge in [0.15, 0.2) is 0 Å². The lowest BCUT2D eigenvalue weighted by molar-refractivity contribution is 0.0600. The quantitative estimate of drug-likeness (QED) is 0.322. The molecule has 4 nitrogen and oxygen atoms in total. The molecule has 1 heterocycles. The van der Waals surface area contributed by atoms with Gasteiger partial charge in [-0.25, -0.2) is 9.78 Å². The van der Waals surface area contributed by atoms with Crippen molar-refractivity contribution in [1.82, 2.24) is 4.98 Å². The molecule has 0 N–H and O–H groups in total. The maximum absolute atomic E-state index is 11.5. The number of hydrogen-bond acceptors (Lipinski definition) is 5. The van der Waals surface area contributed by atoms with Gasteiger partial charge in [0.1, 0.15) is 11.1 Å². The summed E-state index contributed by atoms with van der Waals surface area (Å²) in [5.74, 6) is -0.388. The first-order valence-corrected chi connectivity index (χ1v) is 9.81. The Morgan fingerprint density at radius 3 is 2.55 bits per heavy atom. The molecule has 5 heteroatoms. The van der Waals surface area contributed by atoms with Crippen molar-refractivity contribution in [2.45, 2.75) is 0 Å². The third-order valence-electron chi connectivity index (χ3n) is 4.54. The second kappa shape index (κ2) is 8.09. The van der Waals surface area contributed by atoms with Crippen LogP contribution in [0.25, 0.3) is 33.7 Å². The predicted octanol–water partition coefficient (Wildman–Crippen LogP) is 5.81. The Morgan fingerprint density at radius 2 is 1.83 bits per heavy atom. The van der Waals surface area contributed by atoms with Crippen LogP contribution < -0.4 is 0 Å². The molecule has 0 saturated carbocycles. The fraction of sp³-hybridized carbons (Fsp3) is 0.0417. The molecule has 0 bridgehead atoms. The molecule has 0 amide bonds. The second-order valence-electron chi connectivity index (χ2n) is 6.38. The van der Waals surface area contributed by atoms with Crippen molar-refractivity contribution in [3.63, 3.8) is 0 Å². The highest BCUT2D eigenvalue weighted by Crippen LogP contribution is 2.29. The molecule has 29 heavy (non-hydrogen) atoms. The van der Waals surface area contributed by atoms with Crippen molar-refractivity contribution in [3.05, 3.63) is 88.2 Å². The second-order valence-corrected chi connectivity index (χ2v) is 7.24. The maximum atomic E-state index is 11.5. The average molecular weight is 396 g/mol. The Kier molecular flexibility index (Phi) is 5.19. The van der Waals surface area contributed by atoms with Crippen LogP contribution in [0.15, 0.2) is 72.1 Å². The van der Waals surface area contributed by atoms with Gasteiger partial charge < -0.3 is 4.74 Å². The van der Waals surface area contributed by atoms with Crippen LogP contribution in [0.2, 0.25) is 0 Å². The number of rotatable bonds is 4. The molecule has 0 unspecified atom stereocenters. The summed E-state index contributed by atoms with van der Waals surface area (Å²) in [6.45, 7) is 0. The van der Waals surface area contributed by atoms with Crippen LogP contribution in [0, 0.1) is 11.3 Å². The molecule has 0 spiro atoms. The summed E-state index contributed by atoms with van der Waals surface area (Å²) in [6, 6.07) is 23.5. The fourth-order valence-electron chi connectivity index (χ4n) is 3.02. The average Bonchev–Trinajstić information content (AvgIpc) is 3.27. The Balaban J connectivity index is 1.63. The lowest BCUT2D eigenvalue weighted by Gasteiger charge is -2.01. The Hall–Kier alpha value is -3.75. The predicted molar refractivity (Wildman–Crippen MR) is 116 cm³/mol. The van der Waals surface area contributed by atoms with Crippen molar-refractivity contribution in [1.29, 1.82) is 5.26 Å². The summed E-state index contributed by atoms with van der Waals surface area (Å²) in [4.78, 5) is 16.2. The molecule has 0 radical (unpaired) electrons. The van der Waals surface area contributed by atoms with Gasteiger partial charge in [-0.1, -0.05) is 48.5 Å². The van der Waals surface area contributed by atoms with E-state index in [4.69, 9.17) is 4.74 Å². The van der Waals surface area contributed by atoms with Crippen LogP contribution in [0.3, 0.4) is 0 Å². The molecule has 3 aromatic carbocycles. The molecule has 140 valence electrons. The summed E-state index contributed by atoms with van der Waals surface area (Å²) < 4.78 is 4.70. The van der Waals surface area contributed by atoms with E-state index in [1.165, 1.54) is 23.8 Å². The van der Waals surface area contributed by atoms with E-state index in [9.17, 15) is 10.1 Å². The van der Waals surface area contributed by atoms with Crippen molar-refractivity contribution in [2.24, 2.45) is 0 Å². The maximum Gasteiger partial charge on any atom is 0.337 e. The largest absolute Gasteiger partial charge is 0.465 e. The van der Waals surface area contributed by atoms with E-state index in [-0.39, 0.29) is 5.97 Å². The SMILES string of the molecule is COC(=O)c1ccc(/C=C(\C#N)c2nc(-c3ccc4ccccc4c3)cs2)cc1. The van der Waals surface area contributed by atoms with Crippen molar-refractivity contribution >= 4 is 39.7 Å². The van der Waals surface area contributed by atoms with Crippen LogP contribution in [0.1, 0.15) is 20.9 Å². The van der Waals surface area contributed by atoms with Gasteiger partial charge >= 0.3 is 5.97 Å². The molecule has 0 saturated heterocycles. The first-order valence-electron chi connectivity index (χ1n) is 8.93. The van der Waals surface area contributed by atoms with E-state index >= 15 is 0 Å². The highest BCUT2D eigenvalue weighted by Gasteiger charge is 2.10. The number of fused-ring (bicyclic) bond motifs is 1. The van der Waals surface area contributed by atoms with Crippen LogP contribution >= 0.6 is 11.3 Å². The van der Waals surface area contributed by atoms with Gasteiger partial charge in [0.25, 0.3) is 0 Å². The summed E-state index contributed by atoms with van der Waals surface area (Å²) in [5, 5.41) is 14.6. The van der Waals surface area contributed by atoms with Crippen LogP contribution in [0.4, 0.5) is 0 Å². The summed E-state index contributed by atoms with van der Waals surface area (Å²) in [7, 11) is 1.35. The highest BCUT2D eigenvalue weighted by atomic mass is 32.1. The molecule has 0 aliphatic rings. The first kappa shape index (κ1) is 18.6. The zero-order valence-electron chi connectivity index (χ0n) is 15.6. The van der Waals surface area contributed by atoms with E-state index in [1.807, 2.05) is 23.6 Å². The number of allylic oxidation sites excluding steroid dienone is 1. The number of nitriles is 1. The van der Waals surface area contributed by atoms with E-state index in [1.54, 1.807) is 30.3 Å². The number of nitrogens with zero attached hydrogens (tertiary/aromatic N) is 2. The van der Waals surface area contributed by atoms with Crippen LogP contribution in [-0.2, 0) is 4.74 Å². The first-order chi connectivity index (χ1) is 14.2. The van der Waals surface area contributed by atoms with Gasteiger partial charge in [-0.3, -0.25) is 0 Å². The van der Waals surface area contributed by atoms with E-state index in [0.717, 1.165) is 22.2 Å². The number of thiazole rings is 1. The Morgan fingerprint density at radius 1 is 1.07 bits per heavy atom. The topological polar surface area (TPSA) is 63.0 Å². The summed E-state index contributed by atoms with van der Waals surface area (Å²) in [6.07, 6.45) is 1.77. The Labute approximate surface area is 172 Å². The molecular formula is C24H16N2O2S. The van der Waals surface area contributed by atoms with Gasteiger partial charge in [-0.15, -0.1) is 11.3 Å². The zero-order valence-corrected chi connectivity index (χ0v) is 16.4. The summed E-state index contributed by atoms with van der Waals surface area (Å²) >= 11 is 1.44. The lowest BCUT2D eigenvalue weighted by Crippen LogP contribution is -2.00. The van der Waals surface area contributed by atoms with E-state index < -0.39 is 0 Å². The molecule has 4 aromatic rings. The van der Waals surface area contributed by atoms with Crippen molar-refractivity contribution < 1.29 is 9.53 Å². The molecular weight excluding hydrogens is 380 g/mol. The van der Waals surface area contributed by atoms with Gasteiger partial charge in [0, 0.05) is 10.9 Å². The van der Waals surface area contributed by atoms with Gasteiger partial charge in [-0.05, 0) is 40.6 Å².